The van der Waals surface area contributed by atoms with Crippen molar-refractivity contribution < 1.29 is 14.4 Å². The summed E-state index contributed by atoms with van der Waals surface area (Å²) in [6, 6.07) is -0.0471. The van der Waals surface area contributed by atoms with E-state index in [2.05, 4.69) is 10.4 Å². The van der Waals surface area contributed by atoms with Crippen molar-refractivity contribution in [1.82, 2.24) is 19.6 Å². The summed E-state index contributed by atoms with van der Waals surface area (Å²) in [7, 11) is 3.41. The minimum absolute atomic E-state index is 0.0471. The van der Waals surface area contributed by atoms with Gasteiger partial charge in [0.15, 0.2) is 5.69 Å². The van der Waals surface area contributed by atoms with Crippen LogP contribution >= 0.6 is 0 Å². The summed E-state index contributed by atoms with van der Waals surface area (Å²) in [4.78, 5) is 39.0. The zero-order chi connectivity index (χ0) is 17.9. The Balaban J connectivity index is 1.98. The van der Waals surface area contributed by atoms with Crippen molar-refractivity contribution in [1.29, 1.82) is 0 Å². The molecular weight excluding hydrogens is 312 g/mol. The largest absolute Gasteiger partial charge is 0.364 e. The highest BCUT2D eigenvalue weighted by Crippen LogP contribution is 2.21. The number of piperidine rings is 1. The molecule has 1 saturated heterocycles. The van der Waals surface area contributed by atoms with Gasteiger partial charge in [0, 0.05) is 45.8 Å². The van der Waals surface area contributed by atoms with Gasteiger partial charge in [-0.05, 0) is 19.8 Å². The number of hydrogen-bond donors (Lipinski definition) is 2. The van der Waals surface area contributed by atoms with E-state index in [0.717, 1.165) is 0 Å². The van der Waals surface area contributed by atoms with Crippen LogP contribution in [0, 0.1) is 5.92 Å². The third-order valence-corrected chi connectivity index (χ3v) is 4.10. The lowest BCUT2D eigenvalue weighted by atomic mass is 9.96. The third-order valence-electron chi connectivity index (χ3n) is 4.10. The molecule has 1 aliphatic heterocycles. The number of primary amides is 1. The topological polar surface area (TPSA) is 114 Å². The van der Waals surface area contributed by atoms with Crippen molar-refractivity contribution >= 4 is 23.5 Å². The molecule has 132 valence electrons. The number of urea groups is 1. The molecule has 4 amide bonds. The quantitative estimate of drug-likeness (QED) is 0.825. The summed E-state index contributed by atoms with van der Waals surface area (Å²) in [6.45, 7) is 3.51. The van der Waals surface area contributed by atoms with Crippen molar-refractivity contribution in [3.63, 3.8) is 0 Å². The smallest absolute Gasteiger partial charge is 0.319 e. The summed E-state index contributed by atoms with van der Waals surface area (Å²) in [5, 5.41) is 6.80. The number of aromatic nitrogens is 2. The van der Waals surface area contributed by atoms with Crippen LogP contribution in [0.15, 0.2) is 6.20 Å². The molecule has 2 heterocycles. The molecule has 0 atom stereocenters. The first-order valence-electron chi connectivity index (χ1n) is 7.97. The minimum atomic E-state index is -0.677. The van der Waals surface area contributed by atoms with Gasteiger partial charge in [0.2, 0.25) is 5.91 Å². The fourth-order valence-electron chi connectivity index (χ4n) is 2.71. The fraction of sp³-hybridized carbons (Fsp3) is 0.600. The first-order chi connectivity index (χ1) is 11.3. The SMILES string of the molecule is CCn1cc(NC(=O)C2CCN(C(=O)N(C)C)CC2)c(C(N)=O)n1. The second-order valence-electron chi connectivity index (χ2n) is 6.04. The van der Waals surface area contributed by atoms with Gasteiger partial charge >= 0.3 is 6.03 Å². The standard InChI is InChI=1S/C15H24N6O3/c1-4-21-9-11(12(18-21)13(16)22)17-14(23)10-5-7-20(8-6-10)15(24)19(2)3/h9-10H,4-8H2,1-3H3,(H2,16,22)(H,17,23). The number of hydrogen-bond acceptors (Lipinski definition) is 4. The summed E-state index contributed by atoms with van der Waals surface area (Å²) in [5.41, 5.74) is 5.70. The number of carbonyl (C=O) groups is 3. The first kappa shape index (κ1) is 17.8. The molecule has 0 spiro atoms. The number of amides is 4. The lowest BCUT2D eigenvalue weighted by Crippen LogP contribution is -2.45. The highest BCUT2D eigenvalue weighted by molar-refractivity contribution is 6.02. The molecule has 9 heteroatoms. The number of carbonyl (C=O) groups excluding carboxylic acids is 3. The second kappa shape index (κ2) is 7.33. The molecule has 1 aromatic rings. The van der Waals surface area contributed by atoms with Crippen molar-refractivity contribution in [2.75, 3.05) is 32.5 Å². The van der Waals surface area contributed by atoms with Crippen LogP contribution in [0.25, 0.3) is 0 Å². The van der Waals surface area contributed by atoms with Crippen LogP contribution in [-0.2, 0) is 11.3 Å². The highest BCUT2D eigenvalue weighted by atomic mass is 16.2. The Morgan fingerprint density at radius 3 is 2.46 bits per heavy atom. The van der Waals surface area contributed by atoms with E-state index in [1.165, 1.54) is 4.90 Å². The molecule has 0 bridgehead atoms. The summed E-state index contributed by atoms with van der Waals surface area (Å²) < 4.78 is 1.55. The number of nitrogens with one attached hydrogen (secondary N) is 1. The molecule has 1 aromatic heterocycles. The van der Waals surface area contributed by atoms with Crippen molar-refractivity contribution in [3.05, 3.63) is 11.9 Å². The summed E-state index contributed by atoms with van der Waals surface area (Å²) >= 11 is 0. The average molecular weight is 336 g/mol. The van der Waals surface area contributed by atoms with Gasteiger partial charge < -0.3 is 20.9 Å². The summed E-state index contributed by atoms with van der Waals surface area (Å²) in [5.74, 6) is -1.06. The molecule has 3 N–H and O–H groups in total. The maximum Gasteiger partial charge on any atom is 0.319 e. The molecule has 0 saturated carbocycles. The van der Waals surface area contributed by atoms with Gasteiger partial charge in [0.1, 0.15) is 0 Å². The molecule has 24 heavy (non-hydrogen) atoms. The Morgan fingerprint density at radius 1 is 1.33 bits per heavy atom. The van der Waals surface area contributed by atoms with E-state index >= 15 is 0 Å². The molecule has 0 unspecified atom stereocenters. The Morgan fingerprint density at radius 2 is 1.96 bits per heavy atom. The highest BCUT2D eigenvalue weighted by Gasteiger charge is 2.29. The fourth-order valence-corrected chi connectivity index (χ4v) is 2.71. The van der Waals surface area contributed by atoms with Gasteiger partial charge in [0.05, 0.1) is 5.69 Å². The van der Waals surface area contributed by atoms with Crippen LogP contribution in [0.5, 0.6) is 0 Å². The molecule has 9 nitrogen and oxygen atoms in total. The van der Waals surface area contributed by atoms with Crippen molar-refractivity contribution in [2.24, 2.45) is 11.7 Å². The van der Waals surface area contributed by atoms with Crippen LogP contribution in [0.2, 0.25) is 0 Å². The number of likely N-dealkylation sites (tertiary alicyclic amines) is 1. The molecule has 2 rings (SSSR count). The molecular formula is C15H24N6O3. The Labute approximate surface area is 140 Å². The van der Waals surface area contributed by atoms with Crippen LogP contribution in [-0.4, -0.2) is 64.6 Å². The zero-order valence-corrected chi connectivity index (χ0v) is 14.3. The van der Waals surface area contributed by atoms with E-state index in [1.54, 1.807) is 29.9 Å². The van der Waals surface area contributed by atoms with E-state index < -0.39 is 5.91 Å². The average Bonchev–Trinajstić information content (AvgIpc) is 2.97. The van der Waals surface area contributed by atoms with Gasteiger partial charge in [0.25, 0.3) is 5.91 Å². The third kappa shape index (κ3) is 3.84. The lowest BCUT2D eigenvalue weighted by Gasteiger charge is -2.33. The lowest BCUT2D eigenvalue weighted by molar-refractivity contribution is -0.121. The maximum absolute atomic E-state index is 12.4. The molecule has 0 aromatic carbocycles. The summed E-state index contributed by atoms with van der Waals surface area (Å²) in [6.07, 6.45) is 2.77. The van der Waals surface area contributed by atoms with E-state index in [1.807, 2.05) is 6.92 Å². The second-order valence-corrected chi connectivity index (χ2v) is 6.04. The van der Waals surface area contributed by atoms with E-state index in [-0.39, 0.29) is 23.6 Å². The van der Waals surface area contributed by atoms with Gasteiger partial charge in [-0.25, -0.2) is 4.79 Å². The normalized spacial score (nSPS) is 15.2. The number of anilines is 1. The van der Waals surface area contributed by atoms with Gasteiger partial charge in [-0.2, -0.15) is 5.10 Å². The monoisotopic (exact) mass is 336 g/mol. The number of nitrogens with two attached hydrogens (primary N) is 1. The molecule has 0 radical (unpaired) electrons. The Kier molecular flexibility index (Phi) is 5.42. The Hall–Kier alpha value is -2.58. The predicted molar refractivity (Wildman–Crippen MR) is 88.4 cm³/mol. The van der Waals surface area contributed by atoms with Crippen LogP contribution < -0.4 is 11.1 Å². The maximum atomic E-state index is 12.4. The Bertz CT molecular complexity index is 631. The van der Waals surface area contributed by atoms with E-state index in [4.69, 9.17) is 5.73 Å². The number of nitrogens with zero attached hydrogens (tertiary/aromatic N) is 4. The molecule has 0 aliphatic carbocycles. The van der Waals surface area contributed by atoms with Crippen LogP contribution in [0.4, 0.5) is 10.5 Å². The van der Waals surface area contributed by atoms with Crippen LogP contribution in [0.3, 0.4) is 0 Å². The van der Waals surface area contributed by atoms with Crippen LogP contribution in [0.1, 0.15) is 30.3 Å². The van der Waals surface area contributed by atoms with Gasteiger partial charge in [-0.3, -0.25) is 14.3 Å². The molecule has 1 fully saturated rings. The zero-order valence-electron chi connectivity index (χ0n) is 14.3. The number of rotatable bonds is 4. The van der Waals surface area contributed by atoms with Gasteiger partial charge in [-0.15, -0.1) is 0 Å². The number of aryl methyl sites for hydroxylation is 1. The van der Waals surface area contributed by atoms with E-state index in [9.17, 15) is 14.4 Å². The van der Waals surface area contributed by atoms with E-state index in [0.29, 0.717) is 38.2 Å². The van der Waals surface area contributed by atoms with Gasteiger partial charge in [-0.1, -0.05) is 0 Å². The minimum Gasteiger partial charge on any atom is -0.364 e. The van der Waals surface area contributed by atoms with Crippen molar-refractivity contribution in [3.8, 4) is 0 Å². The first-order valence-corrected chi connectivity index (χ1v) is 7.97. The molecule has 1 aliphatic rings. The van der Waals surface area contributed by atoms with Crippen molar-refractivity contribution in [2.45, 2.75) is 26.3 Å². The predicted octanol–water partition coefficient (Wildman–Crippen LogP) is 0.334.